The molecule has 0 N–H and O–H groups in total. The maximum absolute atomic E-state index is 11.7. The van der Waals surface area contributed by atoms with Crippen LogP contribution in [0.3, 0.4) is 0 Å². The smallest absolute Gasteiger partial charge is 0.308 e. The Morgan fingerprint density at radius 2 is 1.43 bits per heavy atom. The van der Waals surface area contributed by atoms with Crippen molar-refractivity contribution in [2.45, 2.75) is 40.0 Å². The number of hydrogen-bond acceptors (Lipinski definition) is 2. The third-order valence-electron chi connectivity index (χ3n) is 3.83. The summed E-state index contributed by atoms with van der Waals surface area (Å²) >= 11 is 0. The minimum Gasteiger partial charge on any atom is -0.464 e. The van der Waals surface area contributed by atoms with E-state index in [1.165, 1.54) is 28.7 Å². The first-order valence-corrected chi connectivity index (χ1v) is 8.44. The molecule has 2 nitrogen and oxygen atoms in total. The lowest BCUT2D eigenvalue weighted by Crippen LogP contribution is -2.16. The number of carbonyl (C=O) groups excluding carboxylic acids is 1. The van der Waals surface area contributed by atoms with Gasteiger partial charge in [0, 0.05) is 8.77 Å². The van der Waals surface area contributed by atoms with Crippen LogP contribution >= 0.6 is 0 Å². The number of fused-ring (bicyclic) bond motifs is 3. The molecular weight excluding hydrogens is 284 g/mol. The molecule has 0 radical (unpaired) electrons. The quantitative estimate of drug-likeness (QED) is 0.659. The molecule has 0 fully saturated rings. The molecule has 0 saturated heterocycles. The lowest BCUT2D eigenvalue weighted by atomic mass is 9.98. The van der Waals surface area contributed by atoms with Gasteiger partial charge < -0.3 is 4.74 Å². The largest absolute Gasteiger partial charge is 0.464 e. The third kappa shape index (κ3) is 3.82. The van der Waals surface area contributed by atoms with Crippen LogP contribution in [-0.2, 0) is 9.53 Å². The van der Waals surface area contributed by atoms with E-state index in [0.717, 1.165) is 0 Å². The van der Waals surface area contributed by atoms with Crippen LogP contribution < -0.4 is 0 Å². The van der Waals surface area contributed by atoms with Crippen molar-refractivity contribution in [3.63, 3.8) is 0 Å². The molecular formula is C21H30O2. The number of esters is 1. The Labute approximate surface area is 142 Å². The molecule has 2 heteroatoms. The lowest BCUT2D eigenvalue weighted by molar-refractivity contribution is -0.147. The molecule has 0 atom stereocenters. The third-order valence-corrected chi connectivity index (χ3v) is 3.83. The molecule has 1 aliphatic carbocycles. The standard InChI is InChI=1S/C18H18O2.C3H8.2H2/c1-12(2)18(19)20-11-17-15-9-5-3-7-13(15)14-8-4-6-10-16(14)17;1-3-2;;/h3-10,12,17H,11H2,1-2H3;3H2,1-2H3;2*1H. The van der Waals surface area contributed by atoms with Gasteiger partial charge in [-0.1, -0.05) is 82.6 Å². The fraction of sp³-hybridized carbons (Fsp3) is 0.381. The fourth-order valence-electron chi connectivity index (χ4n) is 2.77. The van der Waals surface area contributed by atoms with E-state index < -0.39 is 0 Å². The van der Waals surface area contributed by atoms with Crippen LogP contribution in [-0.4, -0.2) is 12.6 Å². The van der Waals surface area contributed by atoms with Crippen molar-refractivity contribution in [1.29, 1.82) is 0 Å². The van der Waals surface area contributed by atoms with Crippen molar-refractivity contribution >= 4 is 5.97 Å². The highest BCUT2D eigenvalue weighted by atomic mass is 16.5. The molecule has 0 aromatic heterocycles. The molecule has 23 heavy (non-hydrogen) atoms. The monoisotopic (exact) mass is 314 g/mol. The summed E-state index contributed by atoms with van der Waals surface area (Å²) in [6.07, 6.45) is 1.25. The number of hydrogen-bond donors (Lipinski definition) is 0. The second-order valence-electron chi connectivity index (χ2n) is 6.22. The molecule has 1 aliphatic rings. The van der Waals surface area contributed by atoms with E-state index in [0.29, 0.717) is 6.61 Å². The average Bonchev–Trinajstić information content (AvgIpc) is 2.87. The van der Waals surface area contributed by atoms with E-state index in [-0.39, 0.29) is 20.7 Å². The predicted octanol–water partition coefficient (Wildman–Crippen LogP) is 5.91. The van der Waals surface area contributed by atoms with E-state index in [1.807, 2.05) is 26.0 Å². The molecule has 2 aromatic carbocycles. The Balaban J connectivity index is 0.00000108. The van der Waals surface area contributed by atoms with Crippen LogP contribution in [0, 0.1) is 5.92 Å². The van der Waals surface area contributed by atoms with Crippen LogP contribution in [0.5, 0.6) is 0 Å². The Morgan fingerprint density at radius 3 is 1.87 bits per heavy atom. The number of carbonyl (C=O) groups is 1. The second-order valence-corrected chi connectivity index (χ2v) is 6.22. The Bertz CT molecular complexity index is 623. The summed E-state index contributed by atoms with van der Waals surface area (Å²) in [5.41, 5.74) is 5.03. The number of ether oxygens (including phenoxy) is 1. The van der Waals surface area contributed by atoms with Crippen LogP contribution in [0.15, 0.2) is 48.5 Å². The van der Waals surface area contributed by atoms with Gasteiger partial charge in [0.25, 0.3) is 0 Å². The van der Waals surface area contributed by atoms with E-state index in [9.17, 15) is 4.79 Å². The van der Waals surface area contributed by atoms with Gasteiger partial charge >= 0.3 is 5.97 Å². The summed E-state index contributed by atoms with van der Waals surface area (Å²) in [6.45, 7) is 8.39. The minimum atomic E-state index is -0.133. The van der Waals surface area contributed by atoms with Crippen molar-refractivity contribution in [1.82, 2.24) is 0 Å². The van der Waals surface area contributed by atoms with Crippen LogP contribution in [0.25, 0.3) is 11.1 Å². The minimum absolute atomic E-state index is 0. The summed E-state index contributed by atoms with van der Waals surface area (Å²) in [6, 6.07) is 16.7. The summed E-state index contributed by atoms with van der Waals surface area (Å²) in [4.78, 5) is 11.7. The molecule has 0 spiro atoms. The Hall–Kier alpha value is -2.09. The van der Waals surface area contributed by atoms with Gasteiger partial charge in [-0.25, -0.2) is 0 Å². The van der Waals surface area contributed by atoms with E-state index in [1.54, 1.807) is 0 Å². The molecule has 0 amide bonds. The zero-order valence-electron chi connectivity index (χ0n) is 14.5. The van der Waals surface area contributed by atoms with Crippen molar-refractivity contribution in [3.8, 4) is 11.1 Å². The van der Waals surface area contributed by atoms with Crippen molar-refractivity contribution in [2.75, 3.05) is 6.61 Å². The van der Waals surface area contributed by atoms with Crippen molar-refractivity contribution in [3.05, 3.63) is 59.7 Å². The highest BCUT2D eigenvalue weighted by Gasteiger charge is 2.29. The van der Waals surface area contributed by atoms with Crippen LogP contribution in [0.4, 0.5) is 0 Å². The Kier molecular flexibility index (Phi) is 5.97. The normalized spacial score (nSPS) is 12.2. The van der Waals surface area contributed by atoms with Gasteiger partial charge in [0.2, 0.25) is 0 Å². The highest BCUT2D eigenvalue weighted by Crippen LogP contribution is 2.44. The van der Waals surface area contributed by atoms with Crippen molar-refractivity contribution < 1.29 is 12.4 Å². The van der Waals surface area contributed by atoms with Gasteiger partial charge in [0.05, 0.1) is 5.92 Å². The predicted molar refractivity (Wildman–Crippen MR) is 99.7 cm³/mol. The molecule has 0 heterocycles. The zero-order valence-corrected chi connectivity index (χ0v) is 14.5. The molecule has 0 bridgehead atoms. The first-order valence-electron chi connectivity index (χ1n) is 8.44. The van der Waals surface area contributed by atoms with E-state index in [2.05, 4.69) is 50.2 Å². The summed E-state index contributed by atoms with van der Waals surface area (Å²) in [5, 5.41) is 0. The second kappa shape index (κ2) is 7.96. The number of benzene rings is 2. The average molecular weight is 314 g/mol. The van der Waals surface area contributed by atoms with Gasteiger partial charge in [-0.05, 0) is 22.3 Å². The summed E-state index contributed by atoms with van der Waals surface area (Å²) in [7, 11) is 0. The van der Waals surface area contributed by atoms with E-state index in [4.69, 9.17) is 4.74 Å². The Morgan fingerprint density at radius 1 is 1.00 bits per heavy atom. The zero-order chi connectivity index (χ0) is 16.8. The maximum atomic E-state index is 11.7. The molecule has 0 saturated carbocycles. The topological polar surface area (TPSA) is 26.3 Å². The highest BCUT2D eigenvalue weighted by molar-refractivity contribution is 5.79. The molecule has 2 aromatic rings. The molecule has 3 rings (SSSR count). The molecule has 126 valence electrons. The van der Waals surface area contributed by atoms with Gasteiger partial charge in [0.15, 0.2) is 0 Å². The SMILES string of the molecule is CC(C)C(=O)OCC1c2ccccc2-c2ccccc21.CCC.[HH].[HH]. The summed E-state index contributed by atoms with van der Waals surface area (Å²) in [5.74, 6) is -0.0566. The molecule has 0 aliphatic heterocycles. The van der Waals surface area contributed by atoms with Gasteiger partial charge in [-0.15, -0.1) is 0 Å². The first kappa shape index (κ1) is 17.3. The van der Waals surface area contributed by atoms with Crippen LogP contribution in [0.2, 0.25) is 0 Å². The van der Waals surface area contributed by atoms with Crippen molar-refractivity contribution in [2.24, 2.45) is 5.92 Å². The number of rotatable bonds is 3. The lowest BCUT2D eigenvalue weighted by Gasteiger charge is -2.15. The maximum Gasteiger partial charge on any atom is 0.308 e. The van der Waals surface area contributed by atoms with Gasteiger partial charge in [0.1, 0.15) is 6.61 Å². The van der Waals surface area contributed by atoms with Gasteiger partial charge in [-0.3, -0.25) is 4.79 Å². The fourth-order valence-corrected chi connectivity index (χ4v) is 2.77. The van der Waals surface area contributed by atoms with Crippen LogP contribution in [0.1, 0.15) is 54.0 Å². The molecule has 0 unspecified atom stereocenters. The summed E-state index contributed by atoms with van der Waals surface area (Å²) < 4.78 is 5.46. The first-order chi connectivity index (χ1) is 11.1. The van der Waals surface area contributed by atoms with E-state index >= 15 is 0 Å². The van der Waals surface area contributed by atoms with Gasteiger partial charge in [-0.2, -0.15) is 0 Å².